The number of hydrogen-bond acceptors (Lipinski definition) is 3. The Balaban J connectivity index is 1.63. The Labute approximate surface area is 156 Å². The number of pyridine rings is 1. The highest BCUT2D eigenvalue weighted by Crippen LogP contribution is 2.30. The van der Waals surface area contributed by atoms with Gasteiger partial charge in [0.25, 0.3) is 0 Å². The summed E-state index contributed by atoms with van der Waals surface area (Å²) in [5.41, 5.74) is 5.16. The minimum atomic E-state index is -0.599. The Kier molecular flexibility index (Phi) is 4.50. The lowest BCUT2D eigenvalue weighted by molar-refractivity contribution is 0.583. The van der Waals surface area contributed by atoms with Crippen LogP contribution in [0.4, 0.5) is 20.2 Å². The van der Waals surface area contributed by atoms with Crippen LogP contribution in [-0.4, -0.2) is 17.7 Å². The van der Waals surface area contributed by atoms with Crippen molar-refractivity contribution in [3.63, 3.8) is 0 Å². The van der Waals surface area contributed by atoms with Crippen molar-refractivity contribution in [1.82, 2.24) is 4.98 Å². The fraction of sp³-hybridized carbons (Fsp3) is 0.0909. The molecule has 0 saturated heterocycles. The Hall–Kier alpha value is -3.34. The van der Waals surface area contributed by atoms with E-state index in [0.717, 1.165) is 34.3 Å². The van der Waals surface area contributed by atoms with Crippen molar-refractivity contribution in [3.05, 3.63) is 95.3 Å². The minimum Gasteiger partial charge on any atom is -0.344 e. The third kappa shape index (κ3) is 3.62. The topological polar surface area (TPSA) is 28.5 Å². The molecule has 0 radical (unpaired) electrons. The summed E-state index contributed by atoms with van der Waals surface area (Å²) in [4.78, 5) is 10.6. The molecule has 27 heavy (non-hydrogen) atoms. The van der Waals surface area contributed by atoms with Gasteiger partial charge in [-0.05, 0) is 54.1 Å². The Bertz CT molecular complexity index is 1020. The summed E-state index contributed by atoms with van der Waals surface area (Å²) in [5, 5.41) is 0. The normalized spacial score (nSPS) is 12.9. The SMILES string of the molecule is CN(c1cc(F)cc(F)c1)c1ccc2c(c1)C(/C=C/c1ccccn1)=NC2. The highest BCUT2D eigenvalue weighted by Gasteiger charge is 2.16. The van der Waals surface area contributed by atoms with Gasteiger partial charge in [-0.15, -0.1) is 0 Å². The molecular weight excluding hydrogens is 344 g/mol. The zero-order valence-electron chi connectivity index (χ0n) is 14.7. The molecule has 134 valence electrons. The summed E-state index contributed by atoms with van der Waals surface area (Å²) in [7, 11) is 1.78. The molecule has 5 heteroatoms. The average molecular weight is 361 g/mol. The predicted octanol–water partition coefficient (Wildman–Crippen LogP) is 5.14. The molecule has 0 saturated carbocycles. The van der Waals surface area contributed by atoms with Crippen LogP contribution < -0.4 is 4.90 Å². The molecular formula is C22H17F2N3. The number of benzene rings is 2. The zero-order chi connectivity index (χ0) is 18.8. The van der Waals surface area contributed by atoms with Crippen LogP contribution in [0.3, 0.4) is 0 Å². The van der Waals surface area contributed by atoms with Crippen molar-refractivity contribution in [1.29, 1.82) is 0 Å². The van der Waals surface area contributed by atoms with Gasteiger partial charge in [-0.1, -0.05) is 12.1 Å². The summed E-state index contributed by atoms with van der Waals surface area (Å²) in [6.45, 7) is 0.621. The van der Waals surface area contributed by atoms with Crippen molar-refractivity contribution in [2.45, 2.75) is 6.54 Å². The second-order valence-electron chi connectivity index (χ2n) is 6.32. The smallest absolute Gasteiger partial charge is 0.128 e. The molecule has 1 aromatic heterocycles. The van der Waals surface area contributed by atoms with Crippen molar-refractivity contribution < 1.29 is 8.78 Å². The molecule has 0 unspecified atom stereocenters. The maximum Gasteiger partial charge on any atom is 0.128 e. The lowest BCUT2D eigenvalue weighted by Crippen LogP contribution is -2.11. The van der Waals surface area contributed by atoms with Crippen LogP contribution in [0.2, 0.25) is 0 Å². The zero-order valence-corrected chi connectivity index (χ0v) is 14.7. The van der Waals surface area contributed by atoms with Crippen LogP contribution in [0, 0.1) is 11.6 Å². The van der Waals surface area contributed by atoms with Crippen LogP contribution in [0.15, 0.2) is 71.9 Å². The van der Waals surface area contributed by atoms with E-state index in [1.54, 1.807) is 18.1 Å². The molecule has 2 aromatic carbocycles. The maximum absolute atomic E-state index is 13.5. The van der Waals surface area contributed by atoms with Gasteiger partial charge in [0.05, 0.1) is 18.0 Å². The number of hydrogen-bond donors (Lipinski definition) is 0. The van der Waals surface area contributed by atoms with E-state index in [-0.39, 0.29) is 0 Å². The number of aliphatic imine (C=N–C) groups is 1. The number of anilines is 2. The number of fused-ring (bicyclic) bond motifs is 1. The van der Waals surface area contributed by atoms with Crippen molar-refractivity contribution >= 4 is 23.2 Å². The third-order valence-electron chi connectivity index (χ3n) is 4.51. The van der Waals surface area contributed by atoms with Crippen molar-refractivity contribution in [2.75, 3.05) is 11.9 Å². The van der Waals surface area contributed by atoms with E-state index >= 15 is 0 Å². The number of rotatable bonds is 4. The minimum absolute atomic E-state index is 0.452. The second-order valence-corrected chi connectivity index (χ2v) is 6.32. The molecule has 0 fully saturated rings. The van der Waals surface area contributed by atoms with Gasteiger partial charge in [0.2, 0.25) is 0 Å². The fourth-order valence-corrected chi connectivity index (χ4v) is 3.07. The van der Waals surface area contributed by atoms with Gasteiger partial charge in [0.15, 0.2) is 0 Å². The average Bonchev–Trinajstić information content (AvgIpc) is 3.08. The Morgan fingerprint density at radius 1 is 0.926 bits per heavy atom. The van der Waals surface area contributed by atoms with Crippen molar-refractivity contribution in [3.8, 4) is 0 Å². The molecule has 0 amide bonds. The van der Waals surface area contributed by atoms with Crippen LogP contribution in [0.1, 0.15) is 16.8 Å². The van der Waals surface area contributed by atoms with E-state index in [4.69, 9.17) is 0 Å². The largest absolute Gasteiger partial charge is 0.344 e. The first-order chi connectivity index (χ1) is 13.1. The molecule has 0 aliphatic carbocycles. The number of nitrogens with zero attached hydrogens (tertiary/aromatic N) is 3. The molecule has 1 aliphatic heterocycles. The summed E-state index contributed by atoms with van der Waals surface area (Å²) in [5.74, 6) is -1.20. The number of halogens is 2. The van der Waals surface area contributed by atoms with Crippen molar-refractivity contribution in [2.24, 2.45) is 4.99 Å². The highest BCUT2D eigenvalue weighted by atomic mass is 19.1. The van der Waals surface area contributed by atoms with Gasteiger partial charge in [0, 0.05) is 36.2 Å². The summed E-state index contributed by atoms with van der Waals surface area (Å²) < 4.78 is 27.1. The van der Waals surface area contributed by atoms with E-state index in [1.165, 1.54) is 12.1 Å². The first-order valence-corrected chi connectivity index (χ1v) is 8.57. The van der Waals surface area contributed by atoms with E-state index in [2.05, 4.69) is 9.98 Å². The lowest BCUT2D eigenvalue weighted by atomic mass is 10.0. The molecule has 2 heterocycles. The molecule has 0 atom stereocenters. The standard InChI is InChI=1S/C22H17F2N3/c1-27(20-11-16(23)10-17(24)12-20)19-7-5-15-14-26-22(21(15)13-19)8-6-18-4-2-3-9-25-18/h2-13H,14H2,1H3/b8-6+. The first kappa shape index (κ1) is 17.1. The highest BCUT2D eigenvalue weighted by molar-refractivity contribution is 6.13. The second kappa shape index (κ2) is 7.11. The molecule has 4 rings (SSSR count). The lowest BCUT2D eigenvalue weighted by Gasteiger charge is -2.20. The number of aromatic nitrogens is 1. The summed E-state index contributed by atoms with van der Waals surface area (Å²) in [6.07, 6.45) is 5.61. The van der Waals surface area contributed by atoms with E-state index in [9.17, 15) is 8.78 Å². The van der Waals surface area contributed by atoms with Gasteiger partial charge in [-0.2, -0.15) is 0 Å². The van der Waals surface area contributed by atoms with Gasteiger partial charge < -0.3 is 4.90 Å². The first-order valence-electron chi connectivity index (χ1n) is 8.57. The van der Waals surface area contributed by atoms with E-state index in [1.807, 2.05) is 48.6 Å². The monoisotopic (exact) mass is 361 g/mol. The predicted molar refractivity (Wildman–Crippen MR) is 104 cm³/mol. The molecule has 0 N–H and O–H groups in total. The fourth-order valence-electron chi connectivity index (χ4n) is 3.07. The van der Waals surface area contributed by atoms with Gasteiger partial charge in [0.1, 0.15) is 11.6 Å². The van der Waals surface area contributed by atoms with Crippen LogP contribution in [0.25, 0.3) is 6.08 Å². The Morgan fingerprint density at radius 3 is 2.48 bits per heavy atom. The molecule has 0 bridgehead atoms. The van der Waals surface area contributed by atoms with Crippen LogP contribution in [0.5, 0.6) is 0 Å². The summed E-state index contributed by atoms with van der Waals surface area (Å²) in [6, 6.07) is 15.2. The van der Waals surface area contributed by atoms with Gasteiger partial charge in [-0.3, -0.25) is 9.98 Å². The molecule has 0 spiro atoms. The molecule has 3 nitrogen and oxygen atoms in total. The molecule has 3 aromatic rings. The Morgan fingerprint density at radius 2 is 1.74 bits per heavy atom. The van der Waals surface area contributed by atoms with Gasteiger partial charge >= 0.3 is 0 Å². The van der Waals surface area contributed by atoms with Crippen LogP contribution in [-0.2, 0) is 6.54 Å². The maximum atomic E-state index is 13.5. The van der Waals surface area contributed by atoms with E-state index in [0.29, 0.717) is 12.2 Å². The quantitative estimate of drug-likeness (QED) is 0.643. The number of allylic oxidation sites excluding steroid dienone is 1. The van der Waals surface area contributed by atoms with Gasteiger partial charge in [-0.25, -0.2) is 8.78 Å². The summed E-state index contributed by atoms with van der Waals surface area (Å²) >= 11 is 0. The molecule has 1 aliphatic rings. The third-order valence-corrected chi connectivity index (χ3v) is 4.51. The van der Waals surface area contributed by atoms with Crippen LogP contribution >= 0.6 is 0 Å². The van der Waals surface area contributed by atoms with E-state index < -0.39 is 11.6 Å².